The van der Waals surface area contributed by atoms with E-state index in [0.29, 0.717) is 92.2 Å². The van der Waals surface area contributed by atoms with Crippen LogP contribution >= 0.6 is 0 Å². The Hall–Kier alpha value is -2.28. The second kappa shape index (κ2) is 38.9. The van der Waals surface area contributed by atoms with Crippen molar-refractivity contribution in [1.82, 2.24) is 5.32 Å². The van der Waals surface area contributed by atoms with Crippen LogP contribution in [0.1, 0.15) is 115 Å². The second-order valence-electron chi connectivity index (χ2n) is 12.6. The average Bonchev–Trinajstić information content (AvgIpc) is 3.14. The zero-order chi connectivity index (χ0) is 36.6. The molecule has 11 nitrogen and oxygen atoms in total. The van der Waals surface area contributed by atoms with Crippen molar-refractivity contribution in [3.8, 4) is 0 Å². The molecule has 0 spiro atoms. The third kappa shape index (κ3) is 35.9. The predicted octanol–water partition coefficient (Wildman–Crippen LogP) is 7.82. The highest BCUT2D eigenvalue weighted by atomic mass is 16.6. The van der Waals surface area contributed by atoms with Crippen molar-refractivity contribution >= 4 is 12.1 Å². The standard InChI is InChI=1S/C40H71NO10/c1-2-3-4-5-6-7-8-9-10-11-12-13-14-15-19-22-39(42)50-36-35-49-34-33-48-32-31-47-30-29-46-28-27-45-26-25-44-24-23-41-40(43)51-37-38-20-17-16-18-21-38/h16-18,20-21H,2-15,19,22-37H2,1H3,(H,41,43). The molecule has 0 saturated carbocycles. The van der Waals surface area contributed by atoms with E-state index in [2.05, 4.69) is 12.2 Å². The van der Waals surface area contributed by atoms with Crippen LogP contribution in [-0.4, -0.2) is 104 Å². The fourth-order valence-electron chi connectivity index (χ4n) is 5.13. The molecule has 1 rings (SSSR count). The van der Waals surface area contributed by atoms with Crippen molar-refractivity contribution in [3.05, 3.63) is 35.9 Å². The molecule has 1 aromatic rings. The van der Waals surface area contributed by atoms with Crippen molar-refractivity contribution in [2.24, 2.45) is 0 Å². The first kappa shape index (κ1) is 46.7. The number of benzene rings is 1. The molecule has 296 valence electrons. The Morgan fingerprint density at radius 1 is 0.471 bits per heavy atom. The number of carbonyl (C=O) groups excluding carboxylic acids is 2. The average molecular weight is 726 g/mol. The lowest BCUT2D eigenvalue weighted by molar-refractivity contribution is -0.145. The van der Waals surface area contributed by atoms with Gasteiger partial charge in [-0.3, -0.25) is 4.79 Å². The summed E-state index contributed by atoms with van der Waals surface area (Å²) in [6, 6.07) is 9.52. The molecule has 0 aromatic heterocycles. The van der Waals surface area contributed by atoms with Crippen LogP contribution in [0.15, 0.2) is 30.3 Å². The number of alkyl carbamates (subject to hydrolysis) is 1. The molecule has 0 atom stereocenters. The van der Waals surface area contributed by atoms with E-state index < -0.39 is 6.09 Å². The first-order valence-corrected chi connectivity index (χ1v) is 19.8. The van der Waals surface area contributed by atoms with Crippen molar-refractivity contribution in [1.29, 1.82) is 0 Å². The van der Waals surface area contributed by atoms with Crippen LogP contribution in [0.4, 0.5) is 4.79 Å². The lowest BCUT2D eigenvalue weighted by atomic mass is 10.0. The molecule has 11 heteroatoms. The van der Waals surface area contributed by atoms with E-state index in [1.807, 2.05) is 30.3 Å². The normalized spacial score (nSPS) is 11.2. The number of unbranched alkanes of at least 4 members (excludes halogenated alkanes) is 14. The van der Waals surface area contributed by atoms with Crippen molar-refractivity contribution in [2.75, 3.05) is 92.4 Å². The maximum absolute atomic E-state index is 11.9. The molecule has 0 saturated heterocycles. The van der Waals surface area contributed by atoms with Crippen molar-refractivity contribution in [3.63, 3.8) is 0 Å². The number of carbonyl (C=O) groups is 2. The van der Waals surface area contributed by atoms with Crippen LogP contribution < -0.4 is 5.32 Å². The molecular weight excluding hydrogens is 654 g/mol. The third-order valence-corrected chi connectivity index (χ3v) is 8.06. The van der Waals surface area contributed by atoms with Crippen LogP contribution in [0.2, 0.25) is 0 Å². The molecule has 0 aliphatic heterocycles. The number of nitrogens with one attached hydrogen (secondary N) is 1. The van der Waals surface area contributed by atoms with E-state index >= 15 is 0 Å². The number of amides is 1. The minimum atomic E-state index is -0.468. The summed E-state index contributed by atoms with van der Waals surface area (Å²) in [6.07, 6.45) is 19.7. The number of esters is 1. The fourth-order valence-corrected chi connectivity index (χ4v) is 5.13. The molecule has 1 aromatic carbocycles. The molecule has 51 heavy (non-hydrogen) atoms. The Morgan fingerprint density at radius 3 is 1.31 bits per heavy atom. The third-order valence-electron chi connectivity index (χ3n) is 8.06. The molecule has 0 radical (unpaired) electrons. The van der Waals surface area contributed by atoms with Gasteiger partial charge in [-0.25, -0.2) is 4.79 Å². The van der Waals surface area contributed by atoms with Gasteiger partial charge < -0.3 is 43.2 Å². The topological polar surface area (TPSA) is 120 Å². The van der Waals surface area contributed by atoms with Crippen LogP contribution in [0.25, 0.3) is 0 Å². The van der Waals surface area contributed by atoms with Gasteiger partial charge in [0, 0.05) is 13.0 Å². The highest BCUT2D eigenvalue weighted by Gasteiger charge is 2.04. The van der Waals surface area contributed by atoms with E-state index in [1.165, 1.54) is 83.5 Å². The number of rotatable bonds is 39. The van der Waals surface area contributed by atoms with Gasteiger partial charge in [0.25, 0.3) is 0 Å². The molecule has 0 aliphatic carbocycles. The maximum Gasteiger partial charge on any atom is 0.407 e. The number of hydrogen-bond donors (Lipinski definition) is 1. The molecule has 0 fully saturated rings. The Bertz CT molecular complexity index is 876. The summed E-state index contributed by atoms with van der Waals surface area (Å²) in [5.41, 5.74) is 0.939. The monoisotopic (exact) mass is 726 g/mol. The first-order valence-electron chi connectivity index (χ1n) is 19.8. The van der Waals surface area contributed by atoms with Crippen LogP contribution in [0, 0.1) is 0 Å². The second-order valence-corrected chi connectivity index (χ2v) is 12.6. The summed E-state index contributed by atoms with van der Waals surface area (Å²) in [4.78, 5) is 23.5. The van der Waals surface area contributed by atoms with Crippen LogP contribution in [-0.2, 0) is 49.3 Å². The smallest absolute Gasteiger partial charge is 0.407 e. The van der Waals surface area contributed by atoms with E-state index in [9.17, 15) is 9.59 Å². The number of ether oxygens (including phenoxy) is 8. The van der Waals surface area contributed by atoms with Crippen LogP contribution in [0.3, 0.4) is 0 Å². The summed E-state index contributed by atoms with van der Waals surface area (Å²) < 4.78 is 43.2. The van der Waals surface area contributed by atoms with E-state index in [0.717, 1.165) is 18.4 Å². The van der Waals surface area contributed by atoms with Crippen molar-refractivity contribution in [2.45, 2.75) is 116 Å². The molecule has 1 N–H and O–H groups in total. The van der Waals surface area contributed by atoms with Crippen LogP contribution in [0.5, 0.6) is 0 Å². The van der Waals surface area contributed by atoms with E-state index in [4.69, 9.17) is 37.9 Å². The summed E-state index contributed by atoms with van der Waals surface area (Å²) in [7, 11) is 0. The largest absolute Gasteiger partial charge is 0.463 e. The fraction of sp³-hybridized carbons (Fsp3) is 0.800. The zero-order valence-corrected chi connectivity index (χ0v) is 31.9. The Kier molecular flexibility index (Phi) is 35.7. The predicted molar refractivity (Wildman–Crippen MR) is 200 cm³/mol. The Balaban J connectivity index is 1.67. The Morgan fingerprint density at radius 2 is 0.863 bits per heavy atom. The van der Waals surface area contributed by atoms with Gasteiger partial charge in [-0.2, -0.15) is 0 Å². The summed E-state index contributed by atoms with van der Waals surface area (Å²) in [6.45, 7) is 8.58. The van der Waals surface area contributed by atoms with Gasteiger partial charge in [-0.05, 0) is 12.0 Å². The van der Waals surface area contributed by atoms with Gasteiger partial charge in [0.15, 0.2) is 0 Å². The summed E-state index contributed by atoms with van der Waals surface area (Å²) in [5, 5.41) is 2.65. The maximum atomic E-state index is 11.9. The molecular formula is C40H71NO10. The van der Waals surface area contributed by atoms with Gasteiger partial charge in [-0.1, -0.05) is 127 Å². The summed E-state index contributed by atoms with van der Waals surface area (Å²) in [5.74, 6) is -0.134. The molecule has 0 bridgehead atoms. The lowest BCUT2D eigenvalue weighted by Crippen LogP contribution is -2.28. The minimum Gasteiger partial charge on any atom is -0.463 e. The van der Waals surface area contributed by atoms with E-state index in [1.54, 1.807) is 0 Å². The number of hydrogen-bond acceptors (Lipinski definition) is 10. The lowest BCUT2D eigenvalue weighted by Gasteiger charge is -2.09. The first-order chi connectivity index (χ1) is 25.2. The van der Waals surface area contributed by atoms with Crippen molar-refractivity contribution < 1.29 is 47.5 Å². The molecule has 0 aliphatic rings. The highest BCUT2D eigenvalue weighted by Crippen LogP contribution is 2.14. The highest BCUT2D eigenvalue weighted by molar-refractivity contribution is 5.69. The zero-order valence-electron chi connectivity index (χ0n) is 31.9. The van der Waals surface area contributed by atoms with Gasteiger partial charge >= 0.3 is 12.1 Å². The summed E-state index contributed by atoms with van der Waals surface area (Å²) >= 11 is 0. The van der Waals surface area contributed by atoms with Gasteiger partial charge in [-0.15, -0.1) is 0 Å². The minimum absolute atomic E-state index is 0.134. The van der Waals surface area contributed by atoms with Gasteiger partial charge in [0.1, 0.15) is 13.2 Å². The quantitative estimate of drug-likeness (QED) is 0.0532. The van der Waals surface area contributed by atoms with E-state index in [-0.39, 0.29) is 19.2 Å². The molecule has 0 heterocycles. The van der Waals surface area contributed by atoms with Gasteiger partial charge in [0.2, 0.25) is 0 Å². The molecule has 0 unspecified atom stereocenters. The Labute approximate surface area is 309 Å². The molecule has 1 amide bonds. The van der Waals surface area contributed by atoms with Gasteiger partial charge in [0.05, 0.1) is 79.3 Å². The SMILES string of the molecule is CCCCCCCCCCCCCCCCCC(=O)OCCOCCOCCOCCOCCOCCOCCNC(=O)OCc1ccccc1.